The lowest BCUT2D eigenvalue weighted by Gasteiger charge is -2.38. The standard InChI is InChI=1S/C14H19FN2/c15-12-6-4-11(5-7-12)10-17-9-8-16-13-2-1-3-14(13)17/h4-7,13-14,16H,1-3,8-10H2. The van der Waals surface area contributed by atoms with Crippen molar-refractivity contribution in [3.63, 3.8) is 0 Å². The van der Waals surface area contributed by atoms with Crippen molar-refractivity contribution in [2.24, 2.45) is 0 Å². The molecule has 92 valence electrons. The second-order valence-corrected chi connectivity index (χ2v) is 5.16. The average Bonchev–Trinajstić information content (AvgIpc) is 2.81. The van der Waals surface area contributed by atoms with Crippen molar-refractivity contribution in [2.45, 2.75) is 37.9 Å². The fraction of sp³-hybridized carbons (Fsp3) is 0.571. The van der Waals surface area contributed by atoms with E-state index in [2.05, 4.69) is 10.2 Å². The van der Waals surface area contributed by atoms with E-state index in [9.17, 15) is 4.39 Å². The first-order valence-electron chi connectivity index (χ1n) is 6.55. The Balaban J connectivity index is 1.69. The molecule has 1 aliphatic heterocycles. The molecule has 2 unspecified atom stereocenters. The molecule has 2 atom stereocenters. The number of benzene rings is 1. The number of fused-ring (bicyclic) bond motifs is 1. The summed E-state index contributed by atoms with van der Waals surface area (Å²) in [5, 5.41) is 3.60. The van der Waals surface area contributed by atoms with Crippen LogP contribution in [0.15, 0.2) is 24.3 Å². The Bertz CT molecular complexity index is 376. The first kappa shape index (κ1) is 11.2. The van der Waals surface area contributed by atoms with E-state index >= 15 is 0 Å². The summed E-state index contributed by atoms with van der Waals surface area (Å²) in [5.74, 6) is -0.146. The second kappa shape index (κ2) is 4.75. The summed E-state index contributed by atoms with van der Waals surface area (Å²) in [6.45, 7) is 3.16. The third-order valence-corrected chi connectivity index (χ3v) is 4.05. The van der Waals surface area contributed by atoms with Gasteiger partial charge in [-0.25, -0.2) is 4.39 Å². The zero-order valence-electron chi connectivity index (χ0n) is 10.0. The van der Waals surface area contributed by atoms with Crippen LogP contribution in [-0.4, -0.2) is 30.1 Å². The highest BCUT2D eigenvalue weighted by Crippen LogP contribution is 2.27. The number of hydrogen-bond acceptors (Lipinski definition) is 2. The van der Waals surface area contributed by atoms with Crippen LogP contribution in [0, 0.1) is 5.82 Å². The van der Waals surface area contributed by atoms with Gasteiger partial charge in [0.2, 0.25) is 0 Å². The number of halogens is 1. The summed E-state index contributed by atoms with van der Waals surface area (Å²) >= 11 is 0. The second-order valence-electron chi connectivity index (χ2n) is 5.16. The predicted octanol–water partition coefficient (Wildman–Crippen LogP) is 2.15. The van der Waals surface area contributed by atoms with Gasteiger partial charge in [0.05, 0.1) is 0 Å². The molecule has 1 aromatic rings. The zero-order chi connectivity index (χ0) is 11.7. The molecular formula is C14H19FN2. The number of nitrogens with zero attached hydrogens (tertiary/aromatic N) is 1. The quantitative estimate of drug-likeness (QED) is 0.843. The first-order valence-corrected chi connectivity index (χ1v) is 6.55. The van der Waals surface area contributed by atoms with Gasteiger partial charge in [0.15, 0.2) is 0 Å². The SMILES string of the molecule is Fc1ccc(CN2CCNC3CCCC32)cc1. The lowest BCUT2D eigenvalue weighted by Crippen LogP contribution is -2.54. The van der Waals surface area contributed by atoms with Crippen LogP contribution in [0.1, 0.15) is 24.8 Å². The summed E-state index contributed by atoms with van der Waals surface area (Å²) in [6.07, 6.45) is 3.95. The molecule has 1 N–H and O–H groups in total. The van der Waals surface area contributed by atoms with Gasteiger partial charge in [-0.05, 0) is 30.5 Å². The van der Waals surface area contributed by atoms with E-state index in [1.807, 2.05) is 12.1 Å². The minimum atomic E-state index is -0.146. The Morgan fingerprint density at radius 1 is 1.24 bits per heavy atom. The largest absolute Gasteiger partial charge is 0.311 e. The van der Waals surface area contributed by atoms with Gasteiger partial charge in [0, 0.05) is 31.7 Å². The lowest BCUT2D eigenvalue weighted by atomic mass is 10.1. The minimum Gasteiger partial charge on any atom is -0.311 e. The Morgan fingerprint density at radius 2 is 2.06 bits per heavy atom. The molecule has 2 aliphatic rings. The molecule has 1 aliphatic carbocycles. The zero-order valence-corrected chi connectivity index (χ0v) is 10.0. The molecule has 0 aromatic heterocycles. The number of piperazine rings is 1. The summed E-state index contributed by atoms with van der Waals surface area (Å²) in [7, 11) is 0. The Labute approximate surface area is 102 Å². The van der Waals surface area contributed by atoms with Crippen LogP contribution >= 0.6 is 0 Å². The summed E-state index contributed by atoms with van der Waals surface area (Å²) in [4.78, 5) is 2.56. The third-order valence-electron chi connectivity index (χ3n) is 4.05. The van der Waals surface area contributed by atoms with E-state index in [-0.39, 0.29) is 5.82 Å². The molecule has 3 heteroatoms. The van der Waals surface area contributed by atoms with Crippen LogP contribution in [0.3, 0.4) is 0 Å². The van der Waals surface area contributed by atoms with Crippen molar-refractivity contribution < 1.29 is 4.39 Å². The Morgan fingerprint density at radius 3 is 2.88 bits per heavy atom. The van der Waals surface area contributed by atoms with Crippen molar-refractivity contribution in [1.82, 2.24) is 10.2 Å². The molecule has 3 rings (SSSR count). The summed E-state index contributed by atoms with van der Waals surface area (Å²) < 4.78 is 12.9. The van der Waals surface area contributed by atoms with E-state index < -0.39 is 0 Å². The topological polar surface area (TPSA) is 15.3 Å². The van der Waals surface area contributed by atoms with Gasteiger partial charge in [0.25, 0.3) is 0 Å². The maximum atomic E-state index is 12.9. The number of nitrogens with one attached hydrogen (secondary N) is 1. The van der Waals surface area contributed by atoms with Gasteiger partial charge in [0.1, 0.15) is 5.82 Å². The number of rotatable bonds is 2. The smallest absolute Gasteiger partial charge is 0.123 e. The van der Waals surface area contributed by atoms with Gasteiger partial charge >= 0.3 is 0 Å². The van der Waals surface area contributed by atoms with Gasteiger partial charge in [-0.1, -0.05) is 18.6 Å². The third kappa shape index (κ3) is 2.35. The maximum absolute atomic E-state index is 12.9. The molecule has 1 heterocycles. The van der Waals surface area contributed by atoms with E-state index in [4.69, 9.17) is 0 Å². The fourth-order valence-electron chi connectivity index (χ4n) is 3.20. The van der Waals surface area contributed by atoms with Crippen molar-refractivity contribution in [1.29, 1.82) is 0 Å². The summed E-state index contributed by atoms with van der Waals surface area (Å²) in [6, 6.07) is 8.30. The van der Waals surface area contributed by atoms with E-state index in [0.717, 1.165) is 19.6 Å². The molecule has 1 saturated heterocycles. The van der Waals surface area contributed by atoms with Crippen LogP contribution in [0.25, 0.3) is 0 Å². The number of hydrogen-bond donors (Lipinski definition) is 1. The molecule has 0 amide bonds. The van der Waals surface area contributed by atoms with Gasteiger partial charge in [-0.3, -0.25) is 4.90 Å². The van der Waals surface area contributed by atoms with Crippen LogP contribution in [-0.2, 0) is 6.54 Å². The predicted molar refractivity (Wildman–Crippen MR) is 66.2 cm³/mol. The molecule has 1 saturated carbocycles. The van der Waals surface area contributed by atoms with Crippen molar-refractivity contribution in [3.05, 3.63) is 35.6 Å². The van der Waals surface area contributed by atoms with E-state index in [0.29, 0.717) is 12.1 Å². The van der Waals surface area contributed by atoms with Crippen LogP contribution in [0.4, 0.5) is 4.39 Å². The maximum Gasteiger partial charge on any atom is 0.123 e. The normalized spacial score (nSPS) is 29.2. The molecule has 0 bridgehead atoms. The Hall–Kier alpha value is -0.930. The van der Waals surface area contributed by atoms with Crippen LogP contribution in [0.5, 0.6) is 0 Å². The van der Waals surface area contributed by atoms with E-state index in [1.54, 1.807) is 12.1 Å². The minimum absolute atomic E-state index is 0.146. The van der Waals surface area contributed by atoms with Crippen molar-refractivity contribution in [2.75, 3.05) is 13.1 Å². The van der Waals surface area contributed by atoms with Gasteiger partial charge < -0.3 is 5.32 Å². The first-order chi connectivity index (χ1) is 8.33. The van der Waals surface area contributed by atoms with Crippen molar-refractivity contribution in [3.8, 4) is 0 Å². The van der Waals surface area contributed by atoms with Gasteiger partial charge in [-0.2, -0.15) is 0 Å². The van der Waals surface area contributed by atoms with Crippen LogP contribution < -0.4 is 5.32 Å². The molecule has 2 nitrogen and oxygen atoms in total. The fourth-order valence-corrected chi connectivity index (χ4v) is 3.20. The molecule has 1 aromatic carbocycles. The molecule has 0 spiro atoms. The monoisotopic (exact) mass is 234 g/mol. The molecule has 2 fully saturated rings. The molecule has 17 heavy (non-hydrogen) atoms. The van der Waals surface area contributed by atoms with Gasteiger partial charge in [-0.15, -0.1) is 0 Å². The van der Waals surface area contributed by atoms with Crippen LogP contribution in [0.2, 0.25) is 0 Å². The highest BCUT2D eigenvalue weighted by Gasteiger charge is 2.34. The Kier molecular flexibility index (Phi) is 3.12. The molecular weight excluding hydrogens is 215 g/mol. The van der Waals surface area contributed by atoms with E-state index in [1.165, 1.54) is 24.8 Å². The molecule has 0 radical (unpaired) electrons. The summed E-state index contributed by atoms with van der Waals surface area (Å²) in [5.41, 5.74) is 1.22. The average molecular weight is 234 g/mol. The lowest BCUT2D eigenvalue weighted by molar-refractivity contribution is 0.129. The highest BCUT2D eigenvalue weighted by molar-refractivity contribution is 5.16. The van der Waals surface area contributed by atoms with Crippen molar-refractivity contribution >= 4 is 0 Å². The highest BCUT2D eigenvalue weighted by atomic mass is 19.1.